The lowest BCUT2D eigenvalue weighted by atomic mass is 10.1. The van der Waals surface area contributed by atoms with Gasteiger partial charge in [-0.3, -0.25) is 4.34 Å². The molecule has 0 bridgehead atoms. The van der Waals surface area contributed by atoms with Crippen LogP contribution in [0.25, 0.3) is 0 Å². The molecular weight excluding hydrogens is 341 g/mol. The molecule has 1 N–H and O–H groups in total. The fourth-order valence-electron chi connectivity index (χ4n) is 1.41. The van der Waals surface area contributed by atoms with Gasteiger partial charge in [-0.25, -0.2) is 0 Å². The standard InChI is InChI=1S/C11H14Br2ClN/c12-8-10-7-9(4-5-11(10)14)3-1-2-6-15-13/h4-5,7,15H,1-3,6,8H2. The Balaban J connectivity index is 2.47. The first-order chi connectivity index (χ1) is 7.27. The molecule has 0 aromatic heterocycles. The highest BCUT2D eigenvalue weighted by atomic mass is 79.9. The first kappa shape index (κ1) is 13.5. The van der Waals surface area contributed by atoms with E-state index in [-0.39, 0.29) is 0 Å². The van der Waals surface area contributed by atoms with E-state index < -0.39 is 0 Å². The second-order valence-corrected chi connectivity index (χ2v) is 4.93. The summed E-state index contributed by atoms with van der Waals surface area (Å²) in [4.78, 5) is 0. The Bertz CT molecular complexity index is 305. The predicted octanol–water partition coefficient (Wildman–Crippen LogP) is 4.46. The number of nitrogens with one attached hydrogen (secondary N) is 1. The Morgan fingerprint density at radius 3 is 2.73 bits per heavy atom. The third kappa shape index (κ3) is 4.85. The lowest BCUT2D eigenvalue weighted by Crippen LogP contribution is -2.00. The molecule has 0 amide bonds. The number of halogens is 3. The van der Waals surface area contributed by atoms with E-state index in [4.69, 9.17) is 11.6 Å². The molecule has 0 saturated carbocycles. The SMILES string of the molecule is Clc1ccc(CCCCNBr)cc1CBr. The summed E-state index contributed by atoms with van der Waals surface area (Å²) in [7, 11) is 0. The Morgan fingerprint density at radius 1 is 1.27 bits per heavy atom. The van der Waals surface area contributed by atoms with Crippen LogP contribution >= 0.6 is 43.7 Å². The van der Waals surface area contributed by atoms with Crippen LogP contribution in [-0.2, 0) is 11.8 Å². The van der Waals surface area contributed by atoms with E-state index >= 15 is 0 Å². The van der Waals surface area contributed by atoms with Gasteiger partial charge in [0, 0.05) is 33.0 Å². The zero-order chi connectivity index (χ0) is 11.1. The largest absolute Gasteiger partial charge is 0.256 e. The van der Waals surface area contributed by atoms with Gasteiger partial charge in [-0.2, -0.15) is 0 Å². The molecule has 1 nitrogen and oxygen atoms in total. The van der Waals surface area contributed by atoms with Crippen molar-refractivity contribution in [2.45, 2.75) is 24.6 Å². The molecule has 84 valence electrons. The van der Waals surface area contributed by atoms with Crippen molar-refractivity contribution < 1.29 is 0 Å². The lowest BCUT2D eigenvalue weighted by molar-refractivity contribution is 0.728. The van der Waals surface area contributed by atoms with Crippen LogP contribution in [0.3, 0.4) is 0 Å². The normalized spacial score (nSPS) is 10.6. The van der Waals surface area contributed by atoms with Gasteiger partial charge in [-0.05, 0) is 36.5 Å². The van der Waals surface area contributed by atoms with Gasteiger partial charge < -0.3 is 0 Å². The summed E-state index contributed by atoms with van der Waals surface area (Å²) in [5.41, 5.74) is 2.54. The summed E-state index contributed by atoms with van der Waals surface area (Å²) in [5, 5.41) is 1.67. The number of hydrogen-bond acceptors (Lipinski definition) is 1. The molecule has 0 heterocycles. The average molecular weight is 356 g/mol. The molecule has 0 radical (unpaired) electrons. The molecule has 4 heteroatoms. The summed E-state index contributed by atoms with van der Waals surface area (Å²) in [6.07, 6.45) is 3.49. The van der Waals surface area contributed by atoms with Gasteiger partial charge >= 0.3 is 0 Å². The van der Waals surface area contributed by atoms with Crippen molar-refractivity contribution >= 4 is 43.7 Å². The van der Waals surface area contributed by atoms with Crippen molar-refractivity contribution in [1.29, 1.82) is 0 Å². The van der Waals surface area contributed by atoms with Gasteiger partial charge in [0.1, 0.15) is 0 Å². The zero-order valence-electron chi connectivity index (χ0n) is 8.40. The van der Waals surface area contributed by atoms with Crippen molar-refractivity contribution in [2.75, 3.05) is 6.54 Å². The van der Waals surface area contributed by atoms with E-state index in [1.165, 1.54) is 24.0 Å². The van der Waals surface area contributed by atoms with E-state index in [0.717, 1.165) is 23.3 Å². The van der Waals surface area contributed by atoms with E-state index in [9.17, 15) is 0 Å². The zero-order valence-corrected chi connectivity index (χ0v) is 12.3. The molecule has 0 unspecified atom stereocenters. The Labute approximate surface area is 113 Å². The van der Waals surface area contributed by atoms with Gasteiger partial charge in [-0.1, -0.05) is 39.7 Å². The summed E-state index contributed by atoms with van der Waals surface area (Å²) in [6, 6.07) is 6.27. The van der Waals surface area contributed by atoms with Crippen LogP contribution in [0.5, 0.6) is 0 Å². The van der Waals surface area contributed by atoms with Crippen LogP contribution in [0, 0.1) is 0 Å². The van der Waals surface area contributed by atoms with E-state index in [2.05, 4.69) is 48.6 Å². The maximum atomic E-state index is 6.03. The molecule has 0 aliphatic rings. The monoisotopic (exact) mass is 353 g/mol. The lowest BCUT2D eigenvalue weighted by Gasteiger charge is -2.05. The van der Waals surface area contributed by atoms with Gasteiger partial charge in [-0.15, -0.1) is 0 Å². The molecule has 0 aliphatic heterocycles. The van der Waals surface area contributed by atoms with E-state index in [1.807, 2.05) is 6.07 Å². The number of hydrogen-bond donors (Lipinski definition) is 1. The third-order valence-corrected chi connectivity index (χ3v) is 3.61. The predicted molar refractivity (Wildman–Crippen MR) is 74.0 cm³/mol. The van der Waals surface area contributed by atoms with Crippen LogP contribution < -0.4 is 4.34 Å². The average Bonchev–Trinajstić information content (AvgIpc) is 2.26. The second kappa shape index (κ2) is 7.66. The Morgan fingerprint density at radius 2 is 2.07 bits per heavy atom. The molecule has 0 fully saturated rings. The molecule has 1 aromatic carbocycles. The summed E-state index contributed by atoms with van der Waals surface area (Å²) >= 11 is 12.7. The van der Waals surface area contributed by atoms with Crippen molar-refractivity contribution in [2.24, 2.45) is 0 Å². The Kier molecular flexibility index (Phi) is 6.89. The van der Waals surface area contributed by atoms with Crippen LogP contribution in [-0.4, -0.2) is 6.54 Å². The smallest absolute Gasteiger partial charge is 0.0446 e. The first-order valence-electron chi connectivity index (χ1n) is 4.94. The fraction of sp³-hybridized carbons (Fsp3) is 0.455. The molecule has 0 atom stereocenters. The van der Waals surface area contributed by atoms with Crippen LogP contribution in [0.1, 0.15) is 24.0 Å². The number of alkyl halides is 1. The number of aryl methyl sites for hydroxylation is 1. The maximum absolute atomic E-state index is 6.03. The highest BCUT2D eigenvalue weighted by Crippen LogP contribution is 2.20. The summed E-state index contributed by atoms with van der Waals surface area (Å²) in [5.74, 6) is 0. The molecule has 0 aliphatic carbocycles. The minimum Gasteiger partial charge on any atom is -0.256 e. The first-order valence-corrected chi connectivity index (χ1v) is 7.24. The van der Waals surface area contributed by atoms with Gasteiger partial charge in [0.2, 0.25) is 0 Å². The summed E-state index contributed by atoms with van der Waals surface area (Å²) < 4.78 is 2.97. The van der Waals surface area contributed by atoms with Crippen LogP contribution in [0.2, 0.25) is 5.02 Å². The number of unbranched alkanes of at least 4 members (excludes halogenated alkanes) is 1. The highest BCUT2D eigenvalue weighted by molar-refractivity contribution is 9.08. The van der Waals surface area contributed by atoms with E-state index in [0.29, 0.717) is 0 Å². The second-order valence-electron chi connectivity index (χ2n) is 3.40. The van der Waals surface area contributed by atoms with E-state index in [1.54, 1.807) is 0 Å². The molecule has 1 aromatic rings. The van der Waals surface area contributed by atoms with Gasteiger partial charge in [0.25, 0.3) is 0 Å². The van der Waals surface area contributed by atoms with Crippen molar-refractivity contribution in [3.8, 4) is 0 Å². The minimum atomic E-state index is 0.822. The minimum absolute atomic E-state index is 0.822. The molecule has 1 rings (SSSR count). The van der Waals surface area contributed by atoms with Crippen molar-refractivity contribution in [3.63, 3.8) is 0 Å². The van der Waals surface area contributed by atoms with Crippen LogP contribution in [0.4, 0.5) is 0 Å². The number of benzene rings is 1. The maximum Gasteiger partial charge on any atom is 0.0446 e. The van der Waals surface area contributed by atoms with Gasteiger partial charge in [0.05, 0.1) is 0 Å². The summed E-state index contributed by atoms with van der Waals surface area (Å²) in [6.45, 7) is 1.01. The topological polar surface area (TPSA) is 12.0 Å². The quantitative estimate of drug-likeness (QED) is 0.451. The molecular formula is C11H14Br2ClN. The van der Waals surface area contributed by atoms with Crippen molar-refractivity contribution in [3.05, 3.63) is 34.3 Å². The molecule has 0 saturated heterocycles. The fourth-order valence-corrected chi connectivity index (χ4v) is 2.50. The highest BCUT2D eigenvalue weighted by Gasteiger charge is 2.00. The Hall–Kier alpha value is 0.430. The van der Waals surface area contributed by atoms with Crippen LogP contribution in [0.15, 0.2) is 18.2 Å². The van der Waals surface area contributed by atoms with Crippen molar-refractivity contribution in [1.82, 2.24) is 4.34 Å². The molecule has 0 spiro atoms. The third-order valence-electron chi connectivity index (χ3n) is 2.24. The molecule has 15 heavy (non-hydrogen) atoms. The van der Waals surface area contributed by atoms with Gasteiger partial charge in [0.15, 0.2) is 0 Å². The number of rotatable bonds is 6.